The van der Waals surface area contributed by atoms with Crippen molar-refractivity contribution in [3.05, 3.63) is 126 Å². The molecule has 2 heterocycles. The van der Waals surface area contributed by atoms with Crippen molar-refractivity contribution in [2.24, 2.45) is 0 Å². The minimum atomic E-state index is -4.40. The number of rotatable bonds is 6. The first kappa shape index (κ1) is 12.1. The summed E-state index contributed by atoms with van der Waals surface area (Å²) >= 11 is 0. The molecule has 0 radical (unpaired) electrons. The van der Waals surface area contributed by atoms with Crippen LogP contribution in [0.15, 0.2) is 119 Å². The summed E-state index contributed by atoms with van der Waals surface area (Å²) in [6.07, 6.45) is -40.1. The van der Waals surface area contributed by atoms with E-state index < -0.39 is 186 Å². The highest BCUT2D eigenvalue weighted by Gasteiger charge is 2.31. The average molecular weight is 670 g/mol. The Morgan fingerprint density at radius 2 is 1.35 bits per heavy atom. The molecule has 0 spiro atoms. The van der Waals surface area contributed by atoms with Crippen molar-refractivity contribution in [2.75, 3.05) is 0 Å². The molecule has 4 nitrogen and oxygen atoms in total. The van der Waals surface area contributed by atoms with Gasteiger partial charge in [0.25, 0.3) is 0 Å². The van der Waals surface area contributed by atoms with Gasteiger partial charge >= 0.3 is 0 Å². The molecule has 0 saturated heterocycles. The fourth-order valence-electron chi connectivity index (χ4n) is 5.99. The Bertz CT molecular complexity index is 3740. The minimum Gasteiger partial charge on any atom is -0.456 e. The van der Waals surface area contributed by atoms with E-state index in [4.69, 9.17) is 30.5 Å². The molecule has 4 atom stereocenters. The number of nitrogens with zero attached hydrogens (tertiary/aromatic N) is 3. The van der Waals surface area contributed by atoms with E-state index in [2.05, 4.69) is 15.4 Å². The predicted octanol–water partition coefficient (Wildman–Crippen LogP) is 12.5. The van der Waals surface area contributed by atoms with Crippen LogP contribution in [-0.2, 0) is 0 Å². The van der Waals surface area contributed by atoms with Crippen molar-refractivity contribution in [2.45, 2.75) is 75.6 Å². The minimum absolute atomic E-state index is 0.0734. The third-order valence-corrected chi connectivity index (χ3v) is 8.00. The smallest absolute Gasteiger partial charge is 0.136 e. The maximum absolute atomic E-state index is 10.3. The molecule has 2 aliphatic rings. The normalized spacial score (nSPS) is 41.3. The van der Waals surface area contributed by atoms with Crippen molar-refractivity contribution >= 4 is 21.9 Å². The molecule has 0 amide bonds. The summed E-state index contributed by atoms with van der Waals surface area (Å²) in [5.74, 6) is -8.47. The standard InChI is InChI=1S/C45H41N3O/c1-4-16-30(17-5-1)33-22-10-11-23-34(33)42-35(36-26-15-29-40-43(36)37-24-12-13-28-39(37)49-40)25-14-27-38(42)45-41(31-18-6-2-7-19-31)44(46-48-47-45)32-20-8-3-9-21-32/h1,4-5,10-17,22-29,31-32H,2-3,6-9,18-21H2/i1D,2D2,3D2,4D,5D,6D2,7D2,8D2,9D2,10D,11D,16D,17D,18D,19D2,20D,21D2,22D,23D,25D,31D,32D. The van der Waals surface area contributed by atoms with Gasteiger partial charge in [0.05, 0.1) is 19.4 Å². The van der Waals surface area contributed by atoms with Gasteiger partial charge in [0, 0.05) is 55.2 Å². The monoisotopic (exact) mass is 670 g/mol. The fourth-order valence-corrected chi connectivity index (χ4v) is 5.99. The molecule has 2 fully saturated rings. The maximum atomic E-state index is 10.3. The summed E-state index contributed by atoms with van der Waals surface area (Å²) in [5, 5.41) is 11.9. The van der Waals surface area contributed by atoms with Crippen LogP contribution >= 0.6 is 0 Å². The first-order valence-electron chi connectivity index (χ1n) is 30.0. The molecule has 7 aromatic rings. The Balaban J connectivity index is 1.62. The van der Waals surface area contributed by atoms with Gasteiger partial charge in [0.15, 0.2) is 0 Å². The zero-order valence-corrected chi connectivity index (χ0v) is 25.1. The first-order valence-corrected chi connectivity index (χ1v) is 14.9. The highest BCUT2D eigenvalue weighted by molar-refractivity contribution is 6.15. The second kappa shape index (κ2) is 13.1. The Kier molecular flexibility index (Phi) is 3.22. The maximum Gasteiger partial charge on any atom is 0.136 e. The van der Waals surface area contributed by atoms with Gasteiger partial charge in [-0.15, -0.1) is 10.2 Å². The second-order valence-electron chi connectivity index (χ2n) is 10.7. The highest BCUT2D eigenvalue weighted by atomic mass is 16.3. The lowest BCUT2D eigenvalue weighted by Crippen LogP contribution is -2.17. The number of furan rings is 1. The van der Waals surface area contributed by atoms with Crippen molar-refractivity contribution in [1.82, 2.24) is 15.4 Å². The molecular weight excluding hydrogens is 599 g/mol. The van der Waals surface area contributed by atoms with Crippen molar-refractivity contribution < 1.29 is 45.5 Å². The second-order valence-corrected chi connectivity index (χ2v) is 10.7. The lowest BCUT2D eigenvalue weighted by molar-refractivity contribution is 0.408. The van der Waals surface area contributed by atoms with Crippen LogP contribution in [0.4, 0.5) is 0 Å². The van der Waals surface area contributed by atoms with Crippen LogP contribution in [0, 0.1) is 0 Å². The fraction of sp³-hybridized carbons (Fsp3) is 0.267. The Hall–Kier alpha value is -5.09. The van der Waals surface area contributed by atoms with E-state index in [1.807, 2.05) is 0 Å². The van der Waals surface area contributed by atoms with E-state index in [0.717, 1.165) is 12.1 Å². The van der Waals surface area contributed by atoms with Crippen molar-refractivity contribution in [3.8, 4) is 44.6 Å². The van der Waals surface area contributed by atoms with Crippen LogP contribution in [0.25, 0.3) is 66.6 Å². The average Bonchev–Trinajstić information content (AvgIpc) is 2.98. The van der Waals surface area contributed by atoms with Crippen molar-refractivity contribution in [3.63, 3.8) is 0 Å². The molecule has 0 N–H and O–H groups in total. The molecule has 242 valence electrons. The van der Waals surface area contributed by atoms with E-state index in [1.54, 1.807) is 24.3 Å². The van der Waals surface area contributed by atoms with Gasteiger partial charge in [-0.05, 0) is 82.2 Å². The SMILES string of the molecule is [2H]c1ccc(-c2nnnc(C3([2H])C([2H])C([2H])([2H])C([2H])([2H])C([2H])([2H])C3([2H])[2H])c2C2([2H])C([2H])C([2H])([2H])C([2H])([2H])C([2H])([2H])C2([2H])[2H])c(-c2c([2H])c([2H])c([2H])c([2H])c2-c2c([2H])c([2H])c([2H])c([2H])c2[2H])c1-c1cccc2oc3ccccc3c12. The molecule has 4 heteroatoms. The van der Waals surface area contributed by atoms with Crippen LogP contribution < -0.4 is 0 Å². The summed E-state index contributed by atoms with van der Waals surface area (Å²) in [7, 11) is 0. The Morgan fingerprint density at radius 1 is 0.612 bits per heavy atom. The largest absolute Gasteiger partial charge is 0.456 e. The molecule has 5 aromatic carbocycles. The first-order chi connectivity index (χ1) is 36.1. The van der Waals surface area contributed by atoms with Crippen LogP contribution in [-0.4, -0.2) is 15.4 Å². The van der Waals surface area contributed by atoms with Gasteiger partial charge < -0.3 is 4.42 Å². The summed E-state index contributed by atoms with van der Waals surface area (Å²) in [6, 6.07) is 2.51. The van der Waals surface area contributed by atoms with Crippen LogP contribution in [0.1, 0.15) is 128 Å². The van der Waals surface area contributed by atoms with Gasteiger partial charge in [-0.1, -0.05) is 141 Å². The molecule has 0 bridgehead atoms. The van der Waals surface area contributed by atoms with Crippen molar-refractivity contribution in [1.29, 1.82) is 0 Å². The topological polar surface area (TPSA) is 51.8 Å². The van der Waals surface area contributed by atoms with Gasteiger partial charge in [-0.2, -0.15) is 0 Å². The van der Waals surface area contributed by atoms with Crippen LogP contribution in [0.5, 0.6) is 0 Å². The Morgan fingerprint density at radius 3 is 2.22 bits per heavy atom. The number of benzene rings is 5. The van der Waals surface area contributed by atoms with Gasteiger partial charge in [-0.3, -0.25) is 0 Å². The summed E-state index contributed by atoms with van der Waals surface area (Å²) in [5.41, 5.74) is -9.23. The molecular formula is C45H41N3O. The lowest BCUT2D eigenvalue weighted by atomic mass is 9.76. The third-order valence-electron chi connectivity index (χ3n) is 8.00. The molecule has 0 aliphatic heterocycles. The summed E-state index contributed by atoms with van der Waals surface area (Å²) < 4.78 is 279. The quantitative estimate of drug-likeness (QED) is 0.177. The zero-order chi connectivity index (χ0) is 59.2. The van der Waals surface area contributed by atoms with Gasteiger partial charge in [0.2, 0.25) is 0 Å². The Labute approximate surface area is 330 Å². The predicted molar refractivity (Wildman–Crippen MR) is 201 cm³/mol. The zero-order valence-electron chi connectivity index (χ0n) is 55.1. The molecule has 2 aliphatic carbocycles. The lowest BCUT2D eigenvalue weighted by Gasteiger charge is -2.30. The molecule has 9 rings (SSSR count). The van der Waals surface area contributed by atoms with Crippen LogP contribution in [0.3, 0.4) is 0 Å². The van der Waals surface area contributed by atoms with E-state index in [9.17, 15) is 15.1 Å². The van der Waals surface area contributed by atoms with Gasteiger partial charge in [0.1, 0.15) is 16.9 Å². The molecule has 2 saturated carbocycles. The number of aromatic nitrogens is 3. The molecule has 2 aromatic heterocycles. The van der Waals surface area contributed by atoms with E-state index in [-0.39, 0.29) is 22.1 Å². The van der Waals surface area contributed by atoms with Crippen LogP contribution in [0.2, 0.25) is 0 Å². The number of para-hydroxylation sites is 1. The van der Waals surface area contributed by atoms with Gasteiger partial charge in [-0.25, -0.2) is 0 Å². The number of hydrogen-bond acceptors (Lipinski definition) is 4. The van der Waals surface area contributed by atoms with E-state index in [1.165, 1.54) is 18.2 Å². The van der Waals surface area contributed by atoms with E-state index in [0.29, 0.717) is 5.39 Å². The molecule has 4 unspecified atom stereocenters. The molecule has 49 heavy (non-hydrogen) atoms. The summed E-state index contributed by atoms with van der Waals surface area (Å²) in [4.78, 5) is 0. The summed E-state index contributed by atoms with van der Waals surface area (Å²) in [6.45, 7) is 0. The number of hydrogen-bond donors (Lipinski definition) is 0. The third kappa shape index (κ3) is 5.44. The number of fused-ring (bicyclic) bond motifs is 3. The highest BCUT2D eigenvalue weighted by Crippen LogP contribution is 2.49. The van der Waals surface area contributed by atoms with E-state index >= 15 is 0 Å².